The third-order valence-corrected chi connectivity index (χ3v) is 4.28. The average Bonchev–Trinajstić information content (AvgIpc) is 2.71. The molecule has 32 heavy (non-hydrogen) atoms. The number of primary amides is 1. The number of hydrogen-bond donors (Lipinski definition) is 3. The number of nitrogens with one attached hydrogen (secondary N) is 2. The number of amides is 3. The summed E-state index contributed by atoms with van der Waals surface area (Å²) in [7, 11) is 0. The molecule has 0 radical (unpaired) electrons. The molecule has 0 fully saturated rings. The first-order valence-electron chi connectivity index (χ1n) is 8.71. The molecular formula is C20H13ClF4N4O3. The Morgan fingerprint density at radius 1 is 1.06 bits per heavy atom. The number of nitrogens with zero attached hydrogens (tertiary/aromatic N) is 1. The van der Waals surface area contributed by atoms with Gasteiger partial charge in [-0.2, -0.15) is 13.2 Å². The summed E-state index contributed by atoms with van der Waals surface area (Å²) in [6.45, 7) is 0. The standard InChI is InChI=1S/C20H13ClF4N4O3/c21-13-5-3-10(8-12(13)20(23,24)25)28-19(31)29-15-6-4-11(9-14(15)22)32-16-2-1-7-27-17(16)18(26)30/h1-9H,(H2,26,30)(H2,28,29,31). The maximum atomic E-state index is 14.4. The van der Waals surface area contributed by atoms with Crippen molar-refractivity contribution in [2.75, 3.05) is 10.6 Å². The van der Waals surface area contributed by atoms with Crippen LogP contribution in [0.5, 0.6) is 11.5 Å². The lowest BCUT2D eigenvalue weighted by Gasteiger charge is -2.13. The largest absolute Gasteiger partial charge is 0.455 e. The van der Waals surface area contributed by atoms with Gasteiger partial charge in [0.15, 0.2) is 11.4 Å². The number of aromatic nitrogens is 1. The van der Waals surface area contributed by atoms with Gasteiger partial charge in [0.05, 0.1) is 16.3 Å². The molecule has 1 aromatic heterocycles. The van der Waals surface area contributed by atoms with Gasteiger partial charge in [0.2, 0.25) is 0 Å². The number of pyridine rings is 1. The maximum Gasteiger partial charge on any atom is 0.417 e. The van der Waals surface area contributed by atoms with Crippen LogP contribution in [0.1, 0.15) is 16.1 Å². The predicted octanol–water partition coefficient (Wildman–Crippen LogP) is 5.43. The van der Waals surface area contributed by atoms with Crippen molar-refractivity contribution in [1.82, 2.24) is 4.98 Å². The Bertz CT molecular complexity index is 1190. The summed E-state index contributed by atoms with van der Waals surface area (Å²) >= 11 is 5.53. The van der Waals surface area contributed by atoms with Crippen LogP contribution < -0.4 is 21.1 Å². The van der Waals surface area contributed by atoms with Gasteiger partial charge in [0.1, 0.15) is 11.6 Å². The first kappa shape index (κ1) is 22.8. The van der Waals surface area contributed by atoms with Crippen molar-refractivity contribution in [1.29, 1.82) is 0 Å². The van der Waals surface area contributed by atoms with E-state index in [1.54, 1.807) is 0 Å². The van der Waals surface area contributed by atoms with Gasteiger partial charge < -0.3 is 21.1 Å². The predicted molar refractivity (Wildman–Crippen MR) is 108 cm³/mol. The van der Waals surface area contributed by atoms with Crippen LogP contribution in [0.2, 0.25) is 5.02 Å². The highest BCUT2D eigenvalue weighted by molar-refractivity contribution is 6.31. The molecule has 0 atom stereocenters. The molecule has 2 aromatic carbocycles. The second-order valence-corrected chi connectivity index (χ2v) is 6.64. The smallest absolute Gasteiger partial charge is 0.417 e. The van der Waals surface area contributed by atoms with Gasteiger partial charge in [-0.25, -0.2) is 14.2 Å². The summed E-state index contributed by atoms with van der Waals surface area (Å²) in [5.74, 6) is -1.77. The van der Waals surface area contributed by atoms with Gasteiger partial charge in [-0.05, 0) is 42.5 Å². The Labute approximate surface area is 183 Å². The molecule has 1 heterocycles. The molecule has 7 nitrogen and oxygen atoms in total. The molecule has 4 N–H and O–H groups in total. The van der Waals surface area contributed by atoms with Gasteiger partial charge in [-0.1, -0.05) is 11.6 Å². The Hall–Kier alpha value is -3.86. The summed E-state index contributed by atoms with van der Waals surface area (Å²) in [5, 5.41) is 3.81. The molecule has 0 saturated carbocycles. The van der Waals surface area contributed by atoms with Crippen molar-refractivity contribution in [3.8, 4) is 11.5 Å². The highest BCUT2D eigenvalue weighted by Gasteiger charge is 2.33. The minimum atomic E-state index is -4.71. The van der Waals surface area contributed by atoms with E-state index in [-0.39, 0.29) is 28.6 Å². The summed E-state index contributed by atoms with van der Waals surface area (Å²) in [5.41, 5.74) is 3.44. The Morgan fingerprint density at radius 2 is 1.81 bits per heavy atom. The van der Waals surface area contributed by atoms with Crippen LogP contribution in [0, 0.1) is 5.82 Å². The maximum absolute atomic E-state index is 14.4. The van der Waals surface area contributed by atoms with Gasteiger partial charge in [-0.3, -0.25) is 4.79 Å². The highest BCUT2D eigenvalue weighted by Crippen LogP contribution is 2.36. The molecule has 0 spiro atoms. The van der Waals surface area contributed by atoms with E-state index in [1.165, 1.54) is 24.4 Å². The molecule has 0 aliphatic carbocycles. The number of anilines is 2. The molecule has 3 rings (SSSR count). The molecule has 166 valence electrons. The van der Waals surface area contributed by atoms with Crippen LogP contribution >= 0.6 is 11.6 Å². The summed E-state index contributed by atoms with van der Waals surface area (Å²) in [4.78, 5) is 27.2. The number of halogens is 5. The number of hydrogen-bond acceptors (Lipinski definition) is 4. The fourth-order valence-corrected chi connectivity index (χ4v) is 2.78. The van der Waals surface area contributed by atoms with E-state index in [1.807, 2.05) is 0 Å². The van der Waals surface area contributed by atoms with Crippen LogP contribution in [0.25, 0.3) is 0 Å². The number of ether oxygens (including phenoxy) is 1. The van der Waals surface area contributed by atoms with Gasteiger partial charge in [0, 0.05) is 18.0 Å². The van der Waals surface area contributed by atoms with Crippen molar-refractivity contribution in [3.05, 3.63) is 76.8 Å². The lowest BCUT2D eigenvalue weighted by atomic mass is 10.2. The molecule has 3 aromatic rings. The molecule has 0 unspecified atom stereocenters. The quantitative estimate of drug-likeness (QED) is 0.434. The van der Waals surface area contributed by atoms with Crippen LogP contribution in [-0.4, -0.2) is 16.9 Å². The van der Waals surface area contributed by atoms with Crippen molar-refractivity contribution >= 4 is 34.9 Å². The zero-order valence-electron chi connectivity index (χ0n) is 15.8. The number of rotatable bonds is 5. The monoisotopic (exact) mass is 468 g/mol. The molecular weight excluding hydrogens is 456 g/mol. The molecule has 0 bridgehead atoms. The average molecular weight is 469 g/mol. The van der Waals surface area contributed by atoms with Crippen LogP contribution in [0.3, 0.4) is 0 Å². The lowest BCUT2D eigenvalue weighted by Crippen LogP contribution is -2.20. The van der Waals surface area contributed by atoms with E-state index in [9.17, 15) is 27.2 Å². The van der Waals surface area contributed by atoms with Crippen molar-refractivity contribution in [3.63, 3.8) is 0 Å². The van der Waals surface area contributed by atoms with E-state index in [0.717, 1.165) is 24.3 Å². The topological polar surface area (TPSA) is 106 Å². The zero-order valence-corrected chi connectivity index (χ0v) is 16.6. The summed E-state index contributed by atoms with van der Waals surface area (Å²) < 4.78 is 58.6. The third-order valence-electron chi connectivity index (χ3n) is 3.95. The minimum Gasteiger partial charge on any atom is -0.455 e. The molecule has 12 heteroatoms. The number of nitrogens with two attached hydrogens (primary N) is 1. The lowest BCUT2D eigenvalue weighted by molar-refractivity contribution is -0.137. The van der Waals surface area contributed by atoms with E-state index in [0.29, 0.717) is 6.07 Å². The number of alkyl halides is 3. The Kier molecular flexibility index (Phi) is 6.49. The van der Waals surface area contributed by atoms with Crippen LogP contribution in [0.4, 0.5) is 33.7 Å². The summed E-state index contributed by atoms with van der Waals surface area (Å²) in [6, 6.07) is 8.08. The fraction of sp³-hybridized carbons (Fsp3) is 0.0500. The first-order valence-corrected chi connectivity index (χ1v) is 9.09. The number of carbonyl (C=O) groups excluding carboxylic acids is 2. The van der Waals surface area contributed by atoms with E-state index < -0.39 is 34.5 Å². The highest BCUT2D eigenvalue weighted by atomic mass is 35.5. The van der Waals surface area contributed by atoms with Crippen LogP contribution in [0.15, 0.2) is 54.7 Å². The van der Waals surface area contributed by atoms with E-state index in [2.05, 4.69) is 15.6 Å². The minimum absolute atomic E-state index is 0.000981. The van der Waals surface area contributed by atoms with Crippen molar-refractivity contribution in [2.24, 2.45) is 5.73 Å². The van der Waals surface area contributed by atoms with Crippen molar-refractivity contribution < 1.29 is 31.9 Å². The van der Waals surface area contributed by atoms with Gasteiger partial charge >= 0.3 is 12.2 Å². The Morgan fingerprint density at radius 3 is 2.47 bits per heavy atom. The number of carbonyl (C=O) groups is 2. The summed E-state index contributed by atoms with van der Waals surface area (Å²) in [6.07, 6.45) is -3.38. The normalized spacial score (nSPS) is 11.0. The molecule has 3 amide bonds. The molecule has 0 aliphatic heterocycles. The first-order chi connectivity index (χ1) is 15.0. The fourth-order valence-electron chi connectivity index (χ4n) is 2.55. The van der Waals surface area contributed by atoms with E-state index in [4.69, 9.17) is 22.1 Å². The van der Waals surface area contributed by atoms with Crippen molar-refractivity contribution in [2.45, 2.75) is 6.18 Å². The van der Waals surface area contributed by atoms with Gasteiger partial charge in [-0.15, -0.1) is 0 Å². The second-order valence-electron chi connectivity index (χ2n) is 6.23. The van der Waals surface area contributed by atoms with E-state index >= 15 is 0 Å². The number of benzene rings is 2. The zero-order chi connectivity index (χ0) is 23.5. The number of urea groups is 1. The Balaban J connectivity index is 1.71. The van der Waals surface area contributed by atoms with Gasteiger partial charge in [0.25, 0.3) is 5.91 Å². The second kappa shape index (κ2) is 9.10. The molecule has 0 aliphatic rings. The van der Waals surface area contributed by atoms with Crippen LogP contribution in [-0.2, 0) is 6.18 Å². The molecule has 0 saturated heterocycles. The third kappa shape index (κ3) is 5.43. The SMILES string of the molecule is NC(=O)c1ncccc1Oc1ccc(NC(=O)Nc2ccc(Cl)c(C(F)(F)F)c2)c(F)c1.